The third-order valence-electron chi connectivity index (χ3n) is 5.71. The van der Waals surface area contributed by atoms with Gasteiger partial charge >= 0.3 is 11.9 Å². The number of ether oxygens (including phenoxy) is 1. The summed E-state index contributed by atoms with van der Waals surface area (Å²) >= 11 is 6.17. The molecule has 35 heavy (non-hydrogen) atoms. The maximum Gasteiger partial charge on any atom is 0.352 e. The number of H-pyrrole nitrogens is 1. The molecule has 1 amide bonds. The molecule has 182 valence electrons. The number of nitrogens with one attached hydrogen (secondary N) is 2. The number of carboxylic acid groups (broad SMARTS) is 2. The van der Waals surface area contributed by atoms with Gasteiger partial charge in [-0.15, -0.1) is 12.8 Å². The van der Waals surface area contributed by atoms with Crippen LogP contribution in [0.4, 0.5) is 5.69 Å². The number of halogens is 1. The van der Waals surface area contributed by atoms with Crippen LogP contribution in [0.15, 0.2) is 30.3 Å². The van der Waals surface area contributed by atoms with E-state index < -0.39 is 18.5 Å². The maximum absolute atomic E-state index is 12.9. The highest BCUT2D eigenvalue weighted by Crippen LogP contribution is 2.42. The molecule has 0 saturated carbocycles. The van der Waals surface area contributed by atoms with Gasteiger partial charge in [0.25, 0.3) is 0 Å². The summed E-state index contributed by atoms with van der Waals surface area (Å²) in [6.07, 6.45) is 9.30. The highest BCUT2D eigenvalue weighted by atomic mass is 35.5. The fourth-order valence-electron chi connectivity index (χ4n) is 4.34. The van der Waals surface area contributed by atoms with Crippen LogP contribution in [0.2, 0.25) is 5.02 Å². The fraction of sp³-hybridized carbons (Fsp3) is 0.240. The molecule has 0 saturated heterocycles. The molecule has 6 N–H and O–H groups in total. The first kappa shape index (κ1) is 25.6. The molecule has 2 aromatic carbocycles. The summed E-state index contributed by atoms with van der Waals surface area (Å²) in [6.45, 7) is -0.340. The number of hydrogen-bond acceptors (Lipinski definition) is 5. The fourth-order valence-corrected chi connectivity index (χ4v) is 4.58. The van der Waals surface area contributed by atoms with Crippen LogP contribution in [0.25, 0.3) is 10.9 Å². The third-order valence-corrected chi connectivity index (χ3v) is 5.92. The second-order valence-corrected chi connectivity index (χ2v) is 8.35. The first-order valence-corrected chi connectivity index (χ1v) is 11.0. The lowest BCUT2D eigenvalue weighted by molar-refractivity contribution is -0.139. The number of hydrogen-bond donors (Lipinski definition) is 5. The van der Waals surface area contributed by atoms with Crippen LogP contribution < -0.4 is 15.8 Å². The largest absolute Gasteiger partial charge is 0.480 e. The number of anilines is 1. The van der Waals surface area contributed by atoms with E-state index in [2.05, 4.69) is 23.1 Å². The van der Waals surface area contributed by atoms with Gasteiger partial charge in [-0.3, -0.25) is 4.79 Å². The first-order valence-electron chi connectivity index (χ1n) is 10.6. The van der Waals surface area contributed by atoms with Crippen molar-refractivity contribution < 1.29 is 29.3 Å². The van der Waals surface area contributed by atoms with Crippen molar-refractivity contribution in [1.82, 2.24) is 4.98 Å². The molecule has 0 radical (unpaired) electrons. The van der Waals surface area contributed by atoms with E-state index in [1.54, 1.807) is 24.3 Å². The maximum atomic E-state index is 12.9. The minimum absolute atomic E-state index is 0.0479. The number of aromatic nitrogens is 1. The van der Waals surface area contributed by atoms with E-state index >= 15 is 0 Å². The molecule has 4 rings (SSSR count). The quantitative estimate of drug-likeness (QED) is 0.297. The van der Waals surface area contributed by atoms with Gasteiger partial charge in [0.15, 0.2) is 6.61 Å². The zero-order chi connectivity index (χ0) is 25.7. The Morgan fingerprint density at radius 1 is 1.20 bits per heavy atom. The Balaban J connectivity index is 0.00000167. The first-order chi connectivity index (χ1) is 16.8. The average Bonchev–Trinajstić information content (AvgIpc) is 3.22. The van der Waals surface area contributed by atoms with Crippen molar-refractivity contribution in [2.24, 2.45) is 5.73 Å². The highest BCUT2D eigenvalue weighted by molar-refractivity contribution is 6.31. The van der Waals surface area contributed by atoms with Gasteiger partial charge in [-0.05, 0) is 59.7 Å². The number of carbonyl (C=O) groups excluding carboxylic acids is 1. The molecule has 1 unspecified atom stereocenters. The molecule has 1 heterocycles. The minimum atomic E-state index is -1.15. The van der Waals surface area contributed by atoms with Crippen LogP contribution in [0.3, 0.4) is 0 Å². The molecule has 10 heteroatoms. The van der Waals surface area contributed by atoms with Gasteiger partial charge in [-0.1, -0.05) is 17.7 Å². The average molecular weight is 498 g/mol. The Bertz CT molecular complexity index is 1310. The monoisotopic (exact) mass is 497 g/mol. The Kier molecular flexibility index (Phi) is 8.02. The molecule has 0 spiro atoms. The van der Waals surface area contributed by atoms with Gasteiger partial charge in [0.05, 0.1) is 5.69 Å². The van der Waals surface area contributed by atoms with Gasteiger partial charge in [0.1, 0.15) is 11.4 Å². The number of rotatable bonds is 8. The predicted octanol–water partition coefficient (Wildman–Crippen LogP) is 3.75. The van der Waals surface area contributed by atoms with Crippen molar-refractivity contribution in [3.63, 3.8) is 0 Å². The summed E-state index contributed by atoms with van der Waals surface area (Å²) in [7, 11) is 0. The normalized spacial score (nSPS) is 14.0. The Hall–Kier alpha value is -4.00. The van der Waals surface area contributed by atoms with Crippen molar-refractivity contribution in [3.8, 4) is 18.6 Å². The third kappa shape index (κ3) is 5.57. The van der Waals surface area contributed by atoms with E-state index in [1.807, 2.05) is 6.07 Å². The number of aromatic carboxylic acids is 1. The predicted molar refractivity (Wildman–Crippen MR) is 132 cm³/mol. The van der Waals surface area contributed by atoms with E-state index in [0.717, 1.165) is 16.5 Å². The number of aliphatic carboxylic acids is 1. The Labute approximate surface area is 206 Å². The van der Waals surface area contributed by atoms with Gasteiger partial charge in [-0.2, -0.15) is 0 Å². The van der Waals surface area contributed by atoms with Crippen LogP contribution in [0, 0.1) is 12.8 Å². The van der Waals surface area contributed by atoms with Crippen molar-refractivity contribution >= 4 is 46.0 Å². The summed E-state index contributed by atoms with van der Waals surface area (Å²) in [6, 6.07) is 8.41. The van der Waals surface area contributed by atoms with Crippen molar-refractivity contribution in [1.29, 1.82) is 0 Å². The standard InChI is InChI=1S/C23H22ClN3O6.C2H2/c24-14-6-12-2-3-13(21-20(12)16(8-14)27-22(21)23(31)32)7-18(28)26-15-4-1-11(9-25)5-17(15)33-10-19(29)30;1-2/h1,4-6,8,13,27H,2-3,7,9-10,25H2,(H,26,28)(H,29,30)(H,31,32);1-2H. The Morgan fingerprint density at radius 3 is 2.60 bits per heavy atom. The van der Waals surface area contributed by atoms with Gasteiger partial charge in [0, 0.05) is 28.9 Å². The summed E-state index contributed by atoms with van der Waals surface area (Å²) in [5, 5.41) is 22.7. The zero-order valence-corrected chi connectivity index (χ0v) is 19.4. The summed E-state index contributed by atoms with van der Waals surface area (Å²) in [4.78, 5) is 38.6. The van der Waals surface area contributed by atoms with E-state index in [9.17, 15) is 19.5 Å². The Morgan fingerprint density at radius 2 is 1.94 bits per heavy atom. The highest BCUT2D eigenvalue weighted by Gasteiger charge is 2.31. The van der Waals surface area contributed by atoms with Crippen LogP contribution in [0.5, 0.6) is 5.75 Å². The van der Waals surface area contributed by atoms with E-state index in [1.165, 1.54) is 0 Å². The summed E-state index contributed by atoms with van der Waals surface area (Å²) < 4.78 is 5.31. The molecular formula is C25H24ClN3O6. The second-order valence-electron chi connectivity index (χ2n) is 7.91. The molecule has 1 atom stereocenters. The van der Waals surface area contributed by atoms with Gasteiger partial charge in [0.2, 0.25) is 5.91 Å². The zero-order valence-electron chi connectivity index (χ0n) is 18.6. The van der Waals surface area contributed by atoms with Gasteiger partial charge < -0.3 is 31.0 Å². The molecule has 9 nitrogen and oxygen atoms in total. The smallest absolute Gasteiger partial charge is 0.352 e. The number of carboxylic acids is 2. The molecular weight excluding hydrogens is 474 g/mol. The molecule has 1 aromatic heterocycles. The summed E-state index contributed by atoms with van der Waals surface area (Å²) in [5.74, 6) is -2.71. The molecule has 1 aliphatic rings. The number of benzene rings is 2. The van der Waals surface area contributed by atoms with Gasteiger partial charge in [-0.25, -0.2) is 9.59 Å². The molecule has 0 bridgehead atoms. The number of aromatic amines is 1. The molecule has 3 aromatic rings. The molecule has 1 aliphatic carbocycles. The lowest BCUT2D eigenvalue weighted by atomic mass is 9.81. The van der Waals surface area contributed by atoms with Crippen molar-refractivity contribution in [3.05, 3.63) is 57.7 Å². The number of amides is 1. The molecule has 0 aliphatic heterocycles. The second kappa shape index (κ2) is 11.0. The van der Waals surface area contributed by atoms with Crippen LogP contribution in [0.1, 0.15) is 45.9 Å². The van der Waals surface area contributed by atoms with Crippen molar-refractivity contribution in [2.75, 3.05) is 11.9 Å². The van der Waals surface area contributed by atoms with Crippen LogP contribution >= 0.6 is 11.6 Å². The number of nitrogens with two attached hydrogens (primary N) is 1. The summed E-state index contributed by atoms with van der Waals surface area (Å²) in [5.41, 5.74) is 8.93. The topological polar surface area (TPSA) is 155 Å². The number of terminal acetylenes is 1. The van der Waals surface area contributed by atoms with Crippen LogP contribution in [-0.2, 0) is 22.6 Å². The number of carbonyl (C=O) groups is 3. The van der Waals surface area contributed by atoms with E-state index in [4.69, 9.17) is 27.2 Å². The van der Waals surface area contributed by atoms with Crippen LogP contribution in [-0.4, -0.2) is 39.6 Å². The lowest BCUT2D eigenvalue weighted by Crippen LogP contribution is -2.20. The molecule has 0 fully saturated rings. The van der Waals surface area contributed by atoms with E-state index in [-0.39, 0.29) is 36.2 Å². The van der Waals surface area contributed by atoms with E-state index in [0.29, 0.717) is 34.6 Å². The SMILES string of the molecule is C#C.NCc1ccc(NC(=O)CC2CCc3cc(Cl)cc4[nH]c(C(=O)O)c2c34)c(OCC(=O)O)c1. The number of aryl methyl sites for hydroxylation is 1. The minimum Gasteiger partial charge on any atom is -0.480 e. The lowest BCUT2D eigenvalue weighted by Gasteiger charge is -2.23. The van der Waals surface area contributed by atoms with Crippen molar-refractivity contribution in [2.45, 2.75) is 31.7 Å².